The average Bonchev–Trinajstić information content (AvgIpc) is 2.76. The molecule has 0 atom stereocenters. The van der Waals surface area contributed by atoms with Crippen LogP contribution in [0.5, 0.6) is 5.75 Å². The maximum Gasteiger partial charge on any atom is 0.243 e. The van der Waals surface area contributed by atoms with Crippen LogP contribution < -0.4 is 10.1 Å². The second-order valence-electron chi connectivity index (χ2n) is 7.40. The minimum atomic E-state index is -3.96. The highest BCUT2D eigenvalue weighted by atomic mass is 35.5. The predicted molar refractivity (Wildman–Crippen MR) is 127 cm³/mol. The zero-order valence-electron chi connectivity index (χ0n) is 18.1. The highest BCUT2D eigenvalue weighted by Gasteiger charge is 2.27. The molecule has 0 aliphatic carbocycles. The van der Waals surface area contributed by atoms with Gasteiger partial charge in [0, 0.05) is 17.3 Å². The van der Waals surface area contributed by atoms with Gasteiger partial charge in [0.2, 0.25) is 15.9 Å². The van der Waals surface area contributed by atoms with Gasteiger partial charge in [-0.1, -0.05) is 48.0 Å². The summed E-state index contributed by atoms with van der Waals surface area (Å²) in [5.74, 6) is 0.127. The largest absolute Gasteiger partial charge is 0.496 e. The number of nitrogens with zero attached hydrogens (tertiary/aromatic N) is 1. The zero-order valence-corrected chi connectivity index (χ0v) is 19.7. The number of sulfonamides is 1. The van der Waals surface area contributed by atoms with Crippen molar-refractivity contribution in [1.82, 2.24) is 4.31 Å². The van der Waals surface area contributed by atoms with Gasteiger partial charge in [-0.05, 0) is 60.9 Å². The number of aryl methyl sites for hydroxylation is 2. The van der Waals surface area contributed by atoms with Crippen molar-refractivity contribution in [2.75, 3.05) is 19.0 Å². The number of nitrogens with one attached hydrogen (secondary N) is 1. The Morgan fingerprint density at radius 1 is 1.00 bits per heavy atom. The van der Waals surface area contributed by atoms with E-state index in [2.05, 4.69) is 5.32 Å². The maximum absolute atomic E-state index is 13.5. The molecule has 0 bridgehead atoms. The van der Waals surface area contributed by atoms with E-state index in [1.54, 1.807) is 37.3 Å². The Morgan fingerprint density at radius 3 is 2.34 bits per heavy atom. The SMILES string of the molecule is COc1ccc(S(=O)(=O)N(CC(=O)Nc2ccc(C)c(Cl)c2)Cc2ccccc2)cc1C. The van der Waals surface area contributed by atoms with Crippen molar-refractivity contribution in [3.8, 4) is 5.75 Å². The highest BCUT2D eigenvalue weighted by Crippen LogP contribution is 2.25. The number of anilines is 1. The van der Waals surface area contributed by atoms with Crippen LogP contribution in [0.4, 0.5) is 5.69 Å². The Morgan fingerprint density at radius 2 is 1.72 bits per heavy atom. The summed E-state index contributed by atoms with van der Waals surface area (Å²) in [6.07, 6.45) is 0. The fourth-order valence-electron chi connectivity index (χ4n) is 3.20. The van der Waals surface area contributed by atoms with Gasteiger partial charge in [0.1, 0.15) is 5.75 Å². The molecule has 0 aromatic heterocycles. The van der Waals surface area contributed by atoms with Gasteiger partial charge in [-0.15, -0.1) is 0 Å². The third-order valence-corrected chi connectivity index (χ3v) is 7.18. The minimum absolute atomic E-state index is 0.0519. The Balaban J connectivity index is 1.89. The van der Waals surface area contributed by atoms with E-state index in [9.17, 15) is 13.2 Å². The van der Waals surface area contributed by atoms with Crippen LogP contribution in [0.25, 0.3) is 0 Å². The molecule has 168 valence electrons. The first-order chi connectivity index (χ1) is 15.2. The lowest BCUT2D eigenvalue weighted by Gasteiger charge is -2.22. The van der Waals surface area contributed by atoms with Gasteiger partial charge in [0.05, 0.1) is 18.6 Å². The van der Waals surface area contributed by atoms with Crippen molar-refractivity contribution in [2.45, 2.75) is 25.3 Å². The van der Waals surface area contributed by atoms with Gasteiger partial charge in [-0.25, -0.2) is 8.42 Å². The van der Waals surface area contributed by atoms with Crippen molar-refractivity contribution in [3.05, 3.63) is 88.4 Å². The maximum atomic E-state index is 13.5. The molecule has 0 radical (unpaired) electrons. The van der Waals surface area contributed by atoms with Crippen LogP contribution in [0.1, 0.15) is 16.7 Å². The van der Waals surface area contributed by atoms with Gasteiger partial charge in [-0.2, -0.15) is 4.31 Å². The third-order valence-electron chi connectivity index (χ3n) is 4.98. The summed E-state index contributed by atoms with van der Waals surface area (Å²) >= 11 is 6.13. The molecule has 0 unspecified atom stereocenters. The number of benzene rings is 3. The standard InChI is InChI=1S/C24H25ClN2O4S/c1-17-9-10-20(14-22(17)25)26-24(28)16-27(15-19-7-5-4-6-8-19)32(29,30)21-11-12-23(31-3)18(2)13-21/h4-14H,15-16H2,1-3H3,(H,26,28). The van der Waals surface area contributed by atoms with Crippen LogP contribution in [0, 0.1) is 13.8 Å². The number of carbonyl (C=O) groups is 1. The highest BCUT2D eigenvalue weighted by molar-refractivity contribution is 7.89. The van der Waals surface area contributed by atoms with Gasteiger partial charge >= 0.3 is 0 Å². The van der Waals surface area contributed by atoms with E-state index in [0.29, 0.717) is 22.0 Å². The molecule has 0 aliphatic heterocycles. The summed E-state index contributed by atoms with van der Waals surface area (Å²) in [6.45, 7) is 3.33. The smallest absolute Gasteiger partial charge is 0.243 e. The molecule has 3 aromatic carbocycles. The normalized spacial score (nSPS) is 11.4. The molecule has 0 heterocycles. The van der Waals surface area contributed by atoms with E-state index in [1.807, 2.05) is 37.3 Å². The number of methoxy groups -OCH3 is 1. The zero-order chi connectivity index (χ0) is 23.3. The van der Waals surface area contributed by atoms with Gasteiger partial charge < -0.3 is 10.1 Å². The number of hydrogen-bond acceptors (Lipinski definition) is 4. The van der Waals surface area contributed by atoms with Crippen molar-refractivity contribution >= 4 is 33.2 Å². The molecule has 1 amide bonds. The second-order valence-corrected chi connectivity index (χ2v) is 9.75. The fourth-order valence-corrected chi connectivity index (χ4v) is 4.86. The lowest BCUT2D eigenvalue weighted by atomic mass is 10.2. The number of ether oxygens (including phenoxy) is 1. The van der Waals surface area contributed by atoms with Crippen LogP contribution >= 0.6 is 11.6 Å². The molecule has 3 aromatic rings. The topological polar surface area (TPSA) is 75.7 Å². The number of rotatable bonds is 8. The van der Waals surface area contributed by atoms with Crippen LogP contribution in [0.3, 0.4) is 0 Å². The lowest BCUT2D eigenvalue weighted by Crippen LogP contribution is -2.37. The Kier molecular flexibility index (Phi) is 7.56. The summed E-state index contributed by atoms with van der Waals surface area (Å²) in [6, 6.07) is 18.9. The van der Waals surface area contributed by atoms with E-state index in [1.165, 1.54) is 13.2 Å². The molecule has 0 aliphatic rings. The molecule has 3 rings (SSSR count). The van der Waals surface area contributed by atoms with Crippen molar-refractivity contribution in [3.63, 3.8) is 0 Å². The van der Waals surface area contributed by atoms with Gasteiger partial charge in [0.25, 0.3) is 0 Å². The Hall–Kier alpha value is -2.87. The molecule has 0 spiro atoms. The molecular formula is C24H25ClN2O4S. The van der Waals surface area contributed by atoms with Gasteiger partial charge in [0.15, 0.2) is 0 Å². The Bertz CT molecular complexity index is 1210. The fraction of sp³-hybridized carbons (Fsp3) is 0.208. The first-order valence-corrected chi connectivity index (χ1v) is 11.8. The number of hydrogen-bond donors (Lipinski definition) is 1. The summed E-state index contributed by atoms with van der Waals surface area (Å²) in [5.41, 5.74) is 2.84. The summed E-state index contributed by atoms with van der Waals surface area (Å²) in [7, 11) is -2.43. The van der Waals surface area contributed by atoms with Crippen molar-refractivity contribution in [1.29, 1.82) is 0 Å². The van der Waals surface area contributed by atoms with E-state index in [0.717, 1.165) is 15.4 Å². The van der Waals surface area contributed by atoms with Gasteiger partial charge in [-0.3, -0.25) is 4.79 Å². The molecule has 32 heavy (non-hydrogen) atoms. The Labute approximate surface area is 193 Å². The van der Waals surface area contributed by atoms with Crippen LogP contribution in [0.2, 0.25) is 5.02 Å². The number of carbonyl (C=O) groups excluding carboxylic acids is 1. The van der Waals surface area contributed by atoms with Crippen LogP contribution in [-0.2, 0) is 21.4 Å². The molecular weight excluding hydrogens is 448 g/mol. The second kappa shape index (κ2) is 10.2. The van der Waals surface area contributed by atoms with Crippen LogP contribution in [0.15, 0.2) is 71.6 Å². The molecule has 0 saturated carbocycles. The first kappa shape index (κ1) is 23.8. The number of halogens is 1. The minimum Gasteiger partial charge on any atom is -0.496 e. The summed E-state index contributed by atoms with van der Waals surface area (Å²) in [5, 5.41) is 3.25. The third kappa shape index (κ3) is 5.68. The van der Waals surface area contributed by atoms with Crippen molar-refractivity contribution in [2.24, 2.45) is 0 Å². The summed E-state index contributed by atoms with van der Waals surface area (Å²) in [4.78, 5) is 12.9. The van der Waals surface area contributed by atoms with Crippen molar-refractivity contribution < 1.29 is 17.9 Å². The summed E-state index contributed by atoms with van der Waals surface area (Å²) < 4.78 is 33.3. The molecule has 0 saturated heterocycles. The average molecular weight is 473 g/mol. The van der Waals surface area contributed by atoms with E-state index >= 15 is 0 Å². The monoisotopic (exact) mass is 472 g/mol. The number of amides is 1. The lowest BCUT2D eigenvalue weighted by molar-refractivity contribution is -0.116. The van der Waals surface area contributed by atoms with E-state index in [-0.39, 0.29) is 18.0 Å². The van der Waals surface area contributed by atoms with Crippen LogP contribution in [-0.4, -0.2) is 32.3 Å². The molecule has 6 nitrogen and oxygen atoms in total. The van der Waals surface area contributed by atoms with E-state index < -0.39 is 15.9 Å². The predicted octanol–water partition coefficient (Wildman–Crippen LogP) is 4.80. The molecule has 1 N–H and O–H groups in total. The quantitative estimate of drug-likeness (QED) is 0.511. The first-order valence-electron chi connectivity index (χ1n) is 9.95. The molecule has 8 heteroatoms. The van der Waals surface area contributed by atoms with E-state index in [4.69, 9.17) is 16.3 Å². The molecule has 0 fully saturated rings.